The summed E-state index contributed by atoms with van der Waals surface area (Å²) >= 11 is 0. The van der Waals surface area contributed by atoms with Crippen molar-refractivity contribution < 1.29 is 9.78 Å². The van der Waals surface area contributed by atoms with Crippen LogP contribution in [0.15, 0.2) is 0 Å². The maximum Gasteiger partial charge on any atom is 0.0930 e. The molecule has 0 aromatic rings. The molecule has 0 N–H and O–H groups in total. The lowest BCUT2D eigenvalue weighted by molar-refractivity contribution is -0.322. The first-order valence-corrected chi connectivity index (χ1v) is 10.9. The van der Waals surface area contributed by atoms with Gasteiger partial charge in [0.15, 0.2) is 0 Å². The third-order valence-electron chi connectivity index (χ3n) is 5.55. The van der Waals surface area contributed by atoms with Crippen molar-refractivity contribution in [2.24, 2.45) is 5.92 Å². The minimum Gasteiger partial charge on any atom is -0.236 e. The standard InChI is InChI=1S/C22H43O2/c1-3-5-6-7-8-9-10-11-12-13-14-15-16-21-17-19-22(20-18-21)24-23-4-2/h21-22H,2-20H2,1H3. The summed E-state index contributed by atoms with van der Waals surface area (Å²) in [5.74, 6) is 0.938. The first-order valence-electron chi connectivity index (χ1n) is 10.9. The van der Waals surface area contributed by atoms with Gasteiger partial charge in [0, 0.05) is 0 Å². The normalized spacial score (nSPS) is 21.2. The Bertz CT molecular complexity index is 246. The van der Waals surface area contributed by atoms with Crippen LogP contribution in [0.2, 0.25) is 0 Å². The van der Waals surface area contributed by atoms with E-state index in [9.17, 15) is 0 Å². The molecule has 2 heteroatoms. The van der Waals surface area contributed by atoms with E-state index in [1.807, 2.05) is 0 Å². The van der Waals surface area contributed by atoms with E-state index >= 15 is 0 Å². The molecule has 0 spiro atoms. The topological polar surface area (TPSA) is 18.5 Å². The Morgan fingerprint density at radius 1 is 0.708 bits per heavy atom. The first-order chi connectivity index (χ1) is 11.9. The molecule has 2 nitrogen and oxygen atoms in total. The lowest BCUT2D eigenvalue weighted by Gasteiger charge is -2.27. The summed E-state index contributed by atoms with van der Waals surface area (Å²) in [5.41, 5.74) is 0. The molecule has 0 aromatic carbocycles. The molecule has 0 atom stereocenters. The molecule has 0 aromatic heterocycles. The van der Waals surface area contributed by atoms with Gasteiger partial charge in [0.25, 0.3) is 0 Å². The molecule has 0 amide bonds. The maximum atomic E-state index is 5.33. The second kappa shape index (κ2) is 16.4. The van der Waals surface area contributed by atoms with Crippen LogP contribution in [-0.4, -0.2) is 12.7 Å². The van der Waals surface area contributed by atoms with Crippen molar-refractivity contribution in [2.75, 3.05) is 6.61 Å². The summed E-state index contributed by atoms with van der Waals surface area (Å²) < 4.78 is 0. The second-order valence-corrected chi connectivity index (χ2v) is 7.74. The molecule has 1 fully saturated rings. The number of rotatable bonds is 16. The fourth-order valence-electron chi connectivity index (χ4n) is 3.94. The average Bonchev–Trinajstić information content (AvgIpc) is 2.62. The minimum atomic E-state index is 0.324. The molecule has 0 aliphatic heterocycles. The summed E-state index contributed by atoms with van der Waals surface area (Å²) in [5, 5.41) is 0. The summed E-state index contributed by atoms with van der Waals surface area (Å²) in [6.07, 6.45) is 24.1. The molecule has 1 radical (unpaired) electrons. The predicted octanol–water partition coefficient (Wildman–Crippen LogP) is 7.42. The van der Waals surface area contributed by atoms with E-state index in [4.69, 9.17) is 9.78 Å². The molecule has 0 bridgehead atoms. The lowest BCUT2D eigenvalue weighted by Crippen LogP contribution is -2.21. The number of unbranched alkanes of at least 4 members (excludes halogenated alkanes) is 11. The monoisotopic (exact) mass is 339 g/mol. The van der Waals surface area contributed by atoms with Gasteiger partial charge in [0.2, 0.25) is 0 Å². The Kier molecular flexibility index (Phi) is 15.0. The fourth-order valence-corrected chi connectivity index (χ4v) is 3.94. The van der Waals surface area contributed by atoms with Gasteiger partial charge < -0.3 is 0 Å². The summed E-state index contributed by atoms with van der Waals surface area (Å²) in [4.78, 5) is 10.3. The van der Waals surface area contributed by atoms with Gasteiger partial charge >= 0.3 is 0 Å². The zero-order valence-electron chi connectivity index (χ0n) is 16.4. The Morgan fingerprint density at radius 2 is 1.21 bits per heavy atom. The zero-order valence-corrected chi connectivity index (χ0v) is 16.4. The predicted molar refractivity (Wildman–Crippen MR) is 104 cm³/mol. The van der Waals surface area contributed by atoms with Crippen LogP contribution in [0.4, 0.5) is 0 Å². The SMILES string of the molecule is [CH2]COOC1CCC(CCCCCCCCCCCCCC)CC1. The van der Waals surface area contributed by atoms with Gasteiger partial charge in [-0.05, 0) is 38.5 Å². The molecule has 0 saturated heterocycles. The third-order valence-corrected chi connectivity index (χ3v) is 5.55. The number of hydrogen-bond acceptors (Lipinski definition) is 2. The Balaban J connectivity index is 1.78. The van der Waals surface area contributed by atoms with Crippen LogP contribution in [0.5, 0.6) is 0 Å². The van der Waals surface area contributed by atoms with Crippen molar-refractivity contribution in [3.63, 3.8) is 0 Å². The molecule has 1 rings (SSSR count). The number of hydrogen-bond donors (Lipinski definition) is 0. The van der Waals surface area contributed by atoms with Gasteiger partial charge in [-0.1, -0.05) is 90.4 Å². The van der Waals surface area contributed by atoms with E-state index < -0.39 is 0 Å². The van der Waals surface area contributed by atoms with Crippen LogP contribution < -0.4 is 0 Å². The molecular formula is C22H43O2. The van der Waals surface area contributed by atoms with E-state index in [1.54, 1.807) is 0 Å². The van der Waals surface area contributed by atoms with Crippen molar-refractivity contribution >= 4 is 0 Å². The van der Waals surface area contributed by atoms with Crippen molar-refractivity contribution in [2.45, 2.75) is 122 Å². The van der Waals surface area contributed by atoms with Gasteiger partial charge in [0.1, 0.15) is 0 Å². The summed E-state index contributed by atoms with van der Waals surface area (Å²) in [7, 11) is 0. The highest BCUT2D eigenvalue weighted by molar-refractivity contribution is 4.72. The zero-order chi connectivity index (χ0) is 17.3. The molecule has 1 saturated carbocycles. The van der Waals surface area contributed by atoms with Crippen LogP contribution in [-0.2, 0) is 9.78 Å². The van der Waals surface area contributed by atoms with Crippen molar-refractivity contribution in [3.05, 3.63) is 6.92 Å². The smallest absolute Gasteiger partial charge is 0.0930 e. The molecule has 0 unspecified atom stereocenters. The van der Waals surface area contributed by atoms with E-state index in [1.165, 1.54) is 109 Å². The Hall–Kier alpha value is -0.0800. The Morgan fingerprint density at radius 3 is 1.71 bits per heavy atom. The fraction of sp³-hybridized carbons (Fsp3) is 0.955. The quantitative estimate of drug-likeness (QED) is 0.165. The van der Waals surface area contributed by atoms with Crippen LogP contribution in [0.25, 0.3) is 0 Å². The average molecular weight is 340 g/mol. The molecule has 1 aliphatic rings. The molecule has 143 valence electrons. The first kappa shape index (κ1) is 22.0. The van der Waals surface area contributed by atoms with Gasteiger partial charge in [-0.25, -0.2) is 9.78 Å². The van der Waals surface area contributed by atoms with Gasteiger partial charge in [-0.15, -0.1) is 0 Å². The van der Waals surface area contributed by atoms with E-state index in [0.717, 1.165) is 5.92 Å². The summed E-state index contributed by atoms with van der Waals surface area (Å²) in [6.45, 7) is 6.34. The third kappa shape index (κ3) is 12.3. The lowest BCUT2D eigenvalue weighted by atomic mass is 9.84. The van der Waals surface area contributed by atoms with Gasteiger partial charge in [-0.3, -0.25) is 0 Å². The molecule has 0 heterocycles. The van der Waals surface area contributed by atoms with Crippen LogP contribution in [0, 0.1) is 12.8 Å². The second-order valence-electron chi connectivity index (χ2n) is 7.74. The Labute approximate surface area is 152 Å². The highest BCUT2D eigenvalue weighted by atomic mass is 17.2. The minimum absolute atomic E-state index is 0.324. The van der Waals surface area contributed by atoms with Gasteiger partial charge in [0.05, 0.1) is 12.7 Å². The van der Waals surface area contributed by atoms with E-state index in [-0.39, 0.29) is 0 Å². The summed E-state index contributed by atoms with van der Waals surface area (Å²) in [6, 6.07) is 0. The van der Waals surface area contributed by atoms with Crippen molar-refractivity contribution in [1.29, 1.82) is 0 Å². The van der Waals surface area contributed by atoms with E-state index in [0.29, 0.717) is 12.7 Å². The van der Waals surface area contributed by atoms with E-state index in [2.05, 4.69) is 13.8 Å². The molecular weight excluding hydrogens is 296 g/mol. The maximum absolute atomic E-state index is 5.33. The molecule has 24 heavy (non-hydrogen) atoms. The highest BCUT2D eigenvalue weighted by Gasteiger charge is 2.21. The largest absolute Gasteiger partial charge is 0.236 e. The molecule has 1 aliphatic carbocycles. The van der Waals surface area contributed by atoms with Gasteiger partial charge in [-0.2, -0.15) is 0 Å². The van der Waals surface area contributed by atoms with Crippen LogP contribution >= 0.6 is 0 Å². The van der Waals surface area contributed by atoms with Crippen molar-refractivity contribution in [3.8, 4) is 0 Å². The van der Waals surface area contributed by atoms with Crippen LogP contribution in [0.3, 0.4) is 0 Å². The van der Waals surface area contributed by atoms with Crippen LogP contribution in [0.1, 0.15) is 116 Å². The highest BCUT2D eigenvalue weighted by Crippen LogP contribution is 2.30. The van der Waals surface area contributed by atoms with Crippen molar-refractivity contribution in [1.82, 2.24) is 0 Å².